The van der Waals surface area contributed by atoms with Gasteiger partial charge in [0.2, 0.25) is 0 Å². The average Bonchev–Trinajstić information content (AvgIpc) is 2.61. The van der Waals surface area contributed by atoms with Crippen molar-refractivity contribution in [1.29, 1.82) is 0 Å². The van der Waals surface area contributed by atoms with Crippen molar-refractivity contribution in [2.45, 2.75) is 53.2 Å². The second-order valence-electron chi connectivity index (χ2n) is 6.10. The molecule has 0 heterocycles. The average molecular weight is 325 g/mol. The van der Waals surface area contributed by atoms with E-state index < -0.39 is 6.10 Å². The molecule has 2 aromatic carbocycles. The molecule has 0 spiro atoms. The van der Waals surface area contributed by atoms with E-state index in [1.54, 1.807) is 6.92 Å². The van der Waals surface area contributed by atoms with Crippen molar-refractivity contribution in [3.63, 3.8) is 0 Å². The first-order chi connectivity index (χ1) is 11.5. The molecule has 128 valence electrons. The van der Waals surface area contributed by atoms with E-state index in [0.717, 1.165) is 12.8 Å². The van der Waals surface area contributed by atoms with Crippen molar-refractivity contribution in [1.82, 2.24) is 5.32 Å². The molecule has 0 aliphatic carbocycles. The van der Waals surface area contributed by atoms with Gasteiger partial charge in [0.1, 0.15) is 5.75 Å². The predicted molar refractivity (Wildman–Crippen MR) is 98.3 cm³/mol. The van der Waals surface area contributed by atoms with Crippen molar-refractivity contribution in [2.75, 3.05) is 0 Å². The number of ether oxygens (including phenoxy) is 1. The summed E-state index contributed by atoms with van der Waals surface area (Å²) in [6, 6.07) is 14.2. The second kappa shape index (κ2) is 8.53. The van der Waals surface area contributed by atoms with Crippen LogP contribution >= 0.6 is 0 Å². The summed E-state index contributed by atoms with van der Waals surface area (Å²) in [6.45, 7) is 8.61. The number of hydrogen-bond acceptors (Lipinski definition) is 2. The van der Waals surface area contributed by atoms with Crippen molar-refractivity contribution in [2.24, 2.45) is 0 Å². The lowest BCUT2D eigenvalue weighted by Gasteiger charge is -2.16. The maximum Gasteiger partial charge on any atom is 0.261 e. The first-order valence-electron chi connectivity index (χ1n) is 8.65. The molecule has 3 nitrogen and oxygen atoms in total. The van der Waals surface area contributed by atoms with Crippen molar-refractivity contribution < 1.29 is 9.53 Å². The number of amides is 1. The Balaban J connectivity index is 1.95. The Kier molecular flexibility index (Phi) is 6.42. The molecule has 2 rings (SSSR count). The van der Waals surface area contributed by atoms with Gasteiger partial charge in [-0.05, 0) is 55.5 Å². The number of carbonyl (C=O) groups is 1. The highest BCUT2D eigenvalue weighted by molar-refractivity contribution is 5.80. The molecule has 1 atom stereocenters. The molecule has 3 heteroatoms. The Bertz CT molecular complexity index is 677. The Morgan fingerprint density at radius 1 is 1.04 bits per heavy atom. The number of nitrogens with one attached hydrogen (secondary N) is 1. The lowest BCUT2D eigenvalue weighted by molar-refractivity contribution is -0.127. The SMILES string of the molecule is CCc1ccc(CC)c(CNC(=O)[C@H](C)Oc2ccc(C)cc2)c1. The molecule has 0 radical (unpaired) electrons. The molecule has 24 heavy (non-hydrogen) atoms. The molecule has 0 bridgehead atoms. The maximum absolute atomic E-state index is 12.3. The van der Waals surface area contributed by atoms with Crippen LogP contribution in [0.15, 0.2) is 42.5 Å². The minimum absolute atomic E-state index is 0.0977. The predicted octanol–water partition coefficient (Wildman–Crippen LogP) is 4.20. The lowest BCUT2D eigenvalue weighted by Crippen LogP contribution is -2.36. The number of carbonyl (C=O) groups excluding carboxylic acids is 1. The quantitative estimate of drug-likeness (QED) is 0.828. The molecule has 0 aliphatic rings. The Hall–Kier alpha value is -2.29. The first kappa shape index (κ1) is 18.1. The van der Waals surface area contributed by atoms with E-state index in [4.69, 9.17) is 4.74 Å². The summed E-state index contributed by atoms with van der Waals surface area (Å²) in [5.74, 6) is 0.616. The summed E-state index contributed by atoms with van der Waals surface area (Å²) in [6.07, 6.45) is 1.44. The second-order valence-corrected chi connectivity index (χ2v) is 6.10. The zero-order valence-corrected chi connectivity index (χ0v) is 15.1. The van der Waals surface area contributed by atoms with E-state index in [1.807, 2.05) is 31.2 Å². The van der Waals surface area contributed by atoms with Crippen LogP contribution in [0.4, 0.5) is 0 Å². The summed E-state index contributed by atoms with van der Waals surface area (Å²) in [7, 11) is 0. The summed E-state index contributed by atoms with van der Waals surface area (Å²) in [5.41, 5.74) is 4.93. The highest BCUT2D eigenvalue weighted by Gasteiger charge is 2.15. The minimum Gasteiger partial charge on any atom is -0.481 e. The van der Waals surface area contributed by atoms with E-state index in [-0.39, 0.29) is 5.91 Å². The summed E-state index contributed by atoms with van der Waals surface area (Å²) >= 11 is 0. The van der Waals surface area contributed by atoms with Gasteiger partial charge in [0, 0.05) is 6.54 Å². The van der Waals surface area contributed by atoms with Crippen LogP contribution in [0.3, 0.4) is 0 Å². The van der Waals surface area contributed by atoms with Gasteiger partial charge < -0.3 is 10.1 Å². The third-order valence-corrected chi connectivity index (χ3v) is 4.22. The summed E-state index contributed by atoms with van der Waals surface area (Å²) in [4.78, 5) is 12.3. The molecule has 0 aliphatic heterocycles. The van der Waals surface area contributed by atoms with Crippen molar-refractivity contribution in [3.8, 4) is 5.75 Å². The van der Waals surface area contributed by atoms with Crippen LogP contribution in [0.1, 0.15) is 43.0 Å². The maximum atomic E-state index is 12.3. The van der Waals surface area contributed by atoms with E-state index in [9.17, 15) is 4.79 Å². The van der Waals surface area contributed by atoms with Crippen molar-refractivity contribution >= 4 is 5.91 Å². The van der Waals surface area contributed by atoms with Gasteiger partial charge in [0.05, 0.1) is 0 Å². The minimum atomic E-state index is -0.521. The Morgan fingerprint density at radius 3 is 2.38 bits per heavy atom. The fourth-order valence-electron chi connectivity index (χ4n) is 2.61. The molecule has 1 amide bonds. The molecule has 0 fully saturated rings. The number of hydrogen-bond donors (Lipinski definition) is 1. The summed E-state index contributed by atoms with van der Waals surface area (Å²) in [5, 5.41) is 2.99. The van der Waals surface area contributed by atoms with Gasteiger partial charge in [0.15, 0.2) is 6.10 Å². The van der Waals surface area contributed by atoms with Crippen LogP contribution in [0.2, 0.25) is 0 Å². The van der Waals surface area contributed by atoms with E-state index in [1.165, 1.54) is 22.3 Å². The van der Waals surface area contributed by atoms with E-state index >= 15 is 0 Å². The van der Waals surface area contributed by atoms with Crippen molar-refractivity contribution in [3.05, 3.63) is 64.7 Å². The van der Waals surface area contributed by atoms with Gasteiger partial charge in [-0.15, -0.1) is 0 Å². The molecular weight excluding hydrogens is 298 g/mol. The smallest absolute Gasteiger partial charge is 0.261 e. The van der Waals surface area contributed by atoms with E-state index in [2.05, 4.69) is 37.4 Å². The fraction of sp³-hybridized carbons (Fsp3) is 0.381. The Morgan fingerprint density at radius 2 is 1.75 bits per heavy atom. The molecule has 0 unspecified atom stereocenters. The zero-order valence-electron chi connectivity index (χ0n) is 15.1. The topological polar surface area (TPSA) is 38.3 Å². The van der Waals surface area contributed by atoms with Crippen LogP contribution in [0, 0.1) is 6.92 Å². The van der Waals surface area contributed by atoms with Gasteiger partial charge in [-0.1, -0.05) is 49.7 Å². The van der Waals surface area contributed by atoms with Gasteiger partial charge in [-0.3, -0.25) is 4.79 Å². The summed E-state index contributed by atoms with van der Waals surface area (Å²) < 4.78 is 5.71. The monoisotopic (exact) mass is 325 g/mol. The van der Waals surface area contributed by atoms with Gasteiger partial charge in [0.25, 0.3) is 5.91 Å². The third-order valence-electron chi connectivity index (χ3n) is 4.22. The molecule has 0 saturated carbocycles. The van der Waals surface area contributed by atoms with Crippen LogP contribution in [0.5, 0.6) is 5.75 Å². The highest BCUT2D eigenvalue weighted by atomic mass is 16.5. The zero-order chi connectivity index (χ0) is 17.5. The standard InChI is InChI=1S/C21H27NO2/c1-5-17-9-10-18(6-2)19(13-17)14-22-21(23)16(4)24-20-11-7-15(3)8-12-20/h7-13,16H,5-6,14H2,1-4H3,(H,22,23)/t16-/m0/s1. The van der Waals surface area contributed by atoms with Crippen LogP contribution in [-0.4, -0.2) is 12.0 Å². The largest absolute Gasteiger partial charge is 0.481 e. The molecule has 0 aromatic heterocycles. The van der Waals surface area contributed by atoms with Crippen LogP contribution in [-0.2, 0) is 24.2 Å². The van der Waals surface area contributed by atoms with Crippen LogP contribution < -0.4 is 10.1 Å². The number of rotatable bonds is 7. The van der Waals surface area contributed by atoms with Gasteiger partial charge >= 0.3 is 0 Å². The van der Waals surface area contributed by atoms with Crippen LogP contribution in [0.25, 0.3) is 0 Å². The Labute approximate surface area is 145 Å². The third kappa shape index (κ3) is 4.85. The first-order valence-corrected chi connectivity index (χ1v) is 8.65. The van der Waals surface area contributed by atoms with Gasteiger partial charge in [-0.2, -0.15) is 0 Å². The lowest BCUT2D eigenvalue weighted by atomic mass is 10.0. The molecule has 2 aromatic rings. The fourth-order valence-corrected chi connectivity index (χ4v) is 2.61. The molecule has 0 saturated heterocycles. The molecule has 1 N–H and O–H groups in total. The van der Waals surface area contributed by atoms with E-state index in [0.29, 0.717) is 12.3 Å². The molecular formula is C21H27NO2. The normalized spacial score (nSPS) is 11.8. The number of aryl methyl sites for hydroxylation is 3. The number of benzene rings is 2. The van der Waals surface area contributed by atoms with Gasteiger partial charge in [-0.25, -0.2) is 0 Å². The highest BCUT2D eigenvalue weighted by Crippen LogP contribution is 2.15.